The summed E-state index contributed by atoms with van der Waals surface area (Å²) in [6.07, 6.45) is 8.12. The van der Waals surface area contributed by atoms with Crippen LogP contribution in [0.1, 0.15) is 51.9 Å². The molecule has 0 aromatic rings. The second kappa shape index (κ2) is 4.25. The van der Waals surface area contributed by atoms with Crippen molar-refractivity contribution in [2.24, 2.45) is 17.8 Å². The third-order valence-electron chi connectivity index (χ3n) is 5.03. The first-order valence-corrected chi connectivity index (χ1v) is 9.52. The molecule has 1 atom stereocenters. The van der Waals surface area contributed by atoms with Crippen LogP contribution in [0.25, 0.3) is 0 Å². The van der Waals surface area contributed by atoms with E-state index in [9.17, 15) is 4.57 Å². The van der Waals surface area contributed by atoms with E-state index >= 15 is 0 Å². The molecule has 0 aromatic carbocycles. The van der Waals surface area contributed by atoms with Gasteiger partial charge in [-0.1, -0.05) is 6.92 Å². The van der Waals surface area contributed by atoms with Gasteiger partial charge in [0.05, 0.1) is 11.8 Å². The van der Waals surface area contributed by atoms with Crippen LogP contribution in [0.15, 0.2) is 0 Å². The maximum Gasteiger partial charge on any atom is 0.296 e. The van der Waals surface area contributed by atoms with Crippen molar-refractivity contribution < 1.29 is 9.09 Å². The zero-order valence-electron chi connectivity index (χ0n) is 10.5. The minimum Gasteiger partial charge on any atom is -0.317 e. The zero-order valence-corrected chi connectivity index (χ0v) is 12.2. The highest BCUT2D eigenvalue weighted by Crippen LogP contribution is 2.75. The van der Waals surface area contributed by atoms with E-state index in [1.807, 2.05) is 6.92 Å². The van der Waals surface area contributed by atoms with Crippen LogP contribution in [0.3, 0.4) is 0 Å². The van der Waals surface area contributed by atoms with E-state index in [4.69, 9.17) is 15.8 Å². The summed E-state index contributed by atoms with van der Waals surface area (Å²) >= 11 is 6.37. The number of hydrogen-bond donors (Lipinski definition) is 0. The molecular formula is C13H22ClO2P. The van der Waals surface area contributed by atoms with Gasteiger partial charge in [0.2, 0.25) is 0 Å². The quantitative estimate of drug-likeness (QED) is 0.689. The molecule has 2 nitrogen and oxygen atoms in total. The summed E-state index contributed by atoms with van der Waals surface area (Å²) < 4.78 is 18.4. The highest BCUT2D eigenvalue weighted by atomic mass is 35.7. The summed E-state index contributed by atoms with van der Waals surface area (Å²) in [4.78, 5) is 0. The van der Waals surface area contributed by atoms with Gasteiger partial charge in [0.15, 0.2) is 0 Å². The Bertz CT molecular complexity index is 320. The highest BCUT2D eigenvalue weighted by molar-refractivity contribution is 7.86. The van der Waals surface area contributed by atoms with Crippen molar-refractivity contribution in [2.75, 3.05) is 6.61 Å². The average molecular weight is 277 g/mol. The molecule has 4 rings (SSSR count). The summed E-state index contributed by atoms with van der Waals surface area (Å²) in [5.74, 6) is 2.33. The fraction of sp³-hybridized carbons (Fsp3) is 1.00. The van der Waals surface area contributed by atoms with E-state index in [0.29, 0.717) is 6.61 Å². The van der Waals surface area contributed by atoms with Crippen LogP contribution >= 0.6 is 18.0 Å². The SMILES string of the molecule is CCCOP(=O)(Cl)C12CC3CC(CC(C3)C1)C2. The van der Waals surface area contributed by atoms with Gasteiger partial charge in [-0.15, -0.1) is 0 Å². The predicted molar refractivity (Wildman–Crippen MR) is 70.6 cm³/mol. The van der Waals surface area contributed by atoms with E-state index in [-0.39, 0.29) is 5.16 Å². The van der Waals surface area contributed by atoms with Crippen molar-refractivity contribution in [2.45, 2.75) is 57.0 Å². The highest BCUT2D eigenvalue weighted by Gasteiger charge is 2.59. The van der Waals surface area contributed by atoms with E-state index in [2.05, 4.69) is 0 Å². The lowest BCUT2D eigenvalue weighted by Crippen LogP contribution is -2.49. The molecule has 4 bridgehead atoms. The standard InChI is InChI=1S/C13H22ClO2P/c1-2-3-16-17(14,15)13-7-10-4-11(8-13)6-12(5-10)9-13/h10-12H,2-9H2,1H3. The van der Waals surface area contributed by atoms with Crippen LogP contribution in [-0.2, 0) is 9.09 Å². The van der Waals surface area contributed by atoms with E-state index in [1.165, 1.54) is 19.3 Å². The van der Waals surface area contributed by atoms with Gasteiger partial charge in [-0.3, -0.25) is 4.57 Å². The summed E-state index contributed by atoms with van der Waals surface area (Å²) in [6.45, 7) is -0.354. The monoisotopic (exact) mass is 276 g/mol. The molecule has 4 fully saturated rings. The lowest BCUT2D eigenvalue weighted by molar-refractivity contribution is 0.0280. The van der Waals surface area contributed by atoms with Crippen molar-refractivity contribution in [3.63, 3.8) is 0 Å². The lowest BCUT2D eigenvalue weighted by Gasteiger charge is -2.57. The summed E-state index contributed by atoms with van der Waals surface area (Å²) in [5, 5.41) is -0.154. The zero-order chi connectivity index (χ0) is 12.1. The molecular weight excluding hydrogens is 255 g/mol. The molecule has 17 heavy (non-hydrogen) atoms. The van der Waals surface area contributed by atoms with Gasteiger partial charge < -0.3 is 4.52 Å². The summed E-state index contributed by atoms with van der Waals surface area (Å²) in [7, 11) is 0. The smallest absolute Gasteiger partial charge is 0.296 e. The molecule has 4 aliphatic carbocycles. The third-order valence-corrected chi connectivity index (χ3v) is 8.60. The summed E-state index contributed by atoms with van der Waals surface area (Å²) in [6, 6.07) is 0. The lowest BCUT2D eigenvalue weighted by atomic mass is 9.56. The molecule has 0 aromatic heterocycles. The van der Waals surface area contributed by atoms with Gasteiger partial charge in [0, 0.05) is 0 Å². The van der Waals surface area contributed by atoms with E-state index < -0.39 is 6.72 Å². The molecule has 4 heteroatoms. The van der Waals surface area contributed by atoms with Crippen molar-refractivity contribution >= 4 is 18.0 Å². The van der Waals surface area contributed by atoms with Gasteiger partial charge in [-0.25, -0.2) is 0 Å². The number of rotatable bonds is 4. The van der Waals surface area contributed by atoms with Crippen LogP contribution in [0, 0.1) is 17.8 Å². The van der Waals surface area contributed by atoms with Gasteiger partial charge in [-0.05, 0) is 73.9 Å². The Kier molecular flexibility index (Phi) is 3.13. The summed E-state index contributed by atoms with van der Waals surface area (Å²) in [5.41, 5.74) is 0. The topological polar surface area (TPSA) is 26.3 Å². The second-order valence-corrected chi connectivity index (χ2v) is 9.96. The molecule has 0 radical (unpaired) electrons. The van der Waals surface area contributed by atoms with E-state index in [0.717, 1.165) is 43.4 Å². The fourth-order valence-electron chi connectivity index (χ4n) is 4.74. The molecule has 4 aliphatic rings. The Balaban J connectivity index is 1.83. The fourth-order valence-corrected chi connectivity index (χ4v) is 7.69. The van der Waals surface area contributed by atoms with Gasteiger partial charge in [0.1, 0.15) is 0 Å². The van der Waals surface area contributed by atoms with Crippen LogP contribution < -0.4 is 0 Å². The van der Waals surface area contributed by atoms with Crippen LogP contribution in [0.4, 0.5) is 0 Å². The largest absolute Gasteiger partial charge is 0.317 e. The van der Waals surface area contributed by atoms with Crippen LogP contribution in [0.5, 0.6) is 0 Å². The second-order valence-electron chi connectivity index (χ2n) is 6.45. The van der Waals surface area contributed by atoms with E-state index in [1.54, 1.807) is 0 Å². The van der Waals surface area contributed by atoms with Crippen molar-refractivity contribution in [3.05, 3.63) is 0 Å². The van der Waals surface area contributed by atoms with Crippen LogP contribution in [0.2, 0.25) is 0 Å². The van der Waals surface area contributed by atoms with Crippen molar-refractivity contribution in [1.29, 1.82) is 0 Å². The first kappa shape index (κ1) is 12.5. The van der Waals surface area contributed by atoms with Crippen molar-refractivity contribution in [1.82, 2.24) is 0 Å². The molecule has 0 spiro atoms. The Labute approximate surface area is 109 Å². The molecule has 0 saturated heterocycles. The molecule has 4 saturated carbocycles. The van der Waals surface area contributed by atoms with Gasteiger partial charge >= 0.3 is 0 Å². The first-order chi connectivity index (χ1) is 8.05. The maximum atomic E-state index is 12.8. The minimum atomic E-state index is -2.94. The predicted octanol–water partition coefficient (Wildman–Crippen LogP) is 4.81. The molecule has 0 aliphatic heterocycles. The Morgan fingerprint density at radius 3 is 2.06 bits per heavy atom. The Morgan fingerprint density at radius 2 is 1.65 bits per heavy atom. The molecule has 98 valence electrons. The average Bonchev–Trinajstić information content (AvgIpc) is 2.24. The molecule has 0 heterocycles. The minimum absolute atomic E-state index is 0.154. The molecule has 1 unspecified atom stereocenters. The Morgan fingerprint density at radius 1 is 1.18 bits per heavy atom. The van der Waals surface area contributed by atoms with Gasteiger partial charge in [0.25, 0.3) is 6.72 Å². The molecule has 0 amide bonds. The number of halogens is 1. The maximum absolute atomic E-state index is 12.8. The first-order valence-electron chi connectivity index (χ1n) is 6.99. The third kappa shape index (κ3) is 2.01. The van der Waals surface area contributed by atoms with Crippen LogP contribution in [-0.4, -0.2) is 11.8 Å². The molecule has 0 N–H and O–H groups in total. The Hall–Kier alpha value is 0.480. The van der Waals surface area contributed by atoms with Gasteiger partial charge in [-0.2, -0.15) is 0 Å². The number of hydrogen-bond acceptors (Lipinski definition) is 2. The normalized spacial score (nSPS) is 47.1. The van der Waals surface area contributed by atoms with Crippen molar-refractivity contribution in [3.8, 4) is 0 Å².